The lowest BCUT2D eigenvalue weighted by atomic mass is 10.1. The first kappa shape index (κ1) is 36.4. The van der Waals surface area contributed by atoms with E-state index in [1.54, 1.807) is 6.08 Å². The molecule has 2 heterocycles. The van der Waals surface area contributed by atoms with Crippen LogP contribution >= 0.6 is 23.2 Å². The molecule has 0 radical (unpaired) electrons. The minimum atomic E-state index is -4.64. The van der Waals surface area contributed by atoms with Crippen molar-refractivity contribution in [1.29, 1.82) is 0 Å². The number of aryl methyl sites for hydroxylation is 3. The number of anilines is 2. The fourth-order valence-corrected chi connectivity index (χ4v) is 7.20. The summed E-state index contributed by atoms with van der Waals surface area (Å²) >= 11 is 12.4. The molecule has 0 spiro atoms. The third-order valence-electron chi connectivity index (χ3n) is 9.07. The van der Waals surface area contributed by atoms with Crippen LogP contribution in [0.3, 0.4) is 0 Å². The highest BCUT2D eigenvalue weighted by Crippen LogP contribution is 2.48. The van der Waals surface area contributed by atoms with Crippen molar-refractivity contribution in [2.24, 2.45) is 0 Å². The van der Waals surface area contributed by atoms with Gasteiger partial charge < -0.3 is 9.80 Å². The van der Waals surface area contributed by atoms with E-state index in [1.807, 2.05) is 106 Å². The van der Waals surface area contributed by atoms with E-state index >= 15 is 0 Å². The Labute approximate surface area is 302 Å². The van der Waals surface area contributed by atoms with Crippen LogP contribution in [-0.2, 0) is 38.3 Å². The van der Waals surface area contributed by atoms with Crippen molar-refractivity contribution in [2.75, 3.05) is 22.9 Å². The van der Waals surface area contributed by atoms with Gasteiger partial charge in [0.05, 0.1) is 45.6 Å². The molecule has 5 aromatic rings. The van der Waals surface area contributed by atoms with Crippen LogP contribution in [0.15, 0.2) is 103 Å². The minimum Gasteiger partial charge on any atom is -0.326 e. The van der Waals surface area contributed by atoms with Gasteiger partial charge in [-0.1, -0.05) is 89.9 Å². The van der Waals surface area contributed by atoms with Gasteiger partial charge in [0, 0.05) is 37.7 Å². The Kier molecular flexibility index (Phi) is 10.5. The molecule has 266 valence electrons. The zero-order valence-electron chi connectivity index (χ0n) is 27.9. The minimum absolute atomic E-state index is 0.386. The van der Waals surface area contributed by atoms with E-state index in [2.05, 4.69) is 0 Å². The molecule has 4 nitrogen and oxygen atoms in total. The zero-order chi connectivity index (χ0) is 36.5. The fourth-order valence-electron chi connectivity index (χ4n) is 6.67. The van der Waals surface area contributed by atoms with E-state index < -0.39 is 23.5 Å². The van der Waals surface area contributed by atoms with Gasteiger partial charge in [0.1, 0.15) is 5.82 Å². The molecule has 0 atom stereocenters. The number of allylic oxidation sites excluding steroid dienone is 2. The quantitative estimate of drug-likeness (QED) is 0.105. The Morgan fingerprint density at radius 1 is 0.686 bits per heavy atom. The van der Waals surface area contributed by atoms with E-state index in [0.717, 1.165) is 23.3 Å². The molecule has 0 saturated heterocycles. The molecule has 51 heavy (non-hydrogen) atoms. The number of hydrogen-bond acceptors (Lipinski definition) is 2. The highest BCUT2D eigenvalue weighted by Gasteiger charge is 2.39. The van der Waals surface area contributed by atoms with Gasteiger partial charge in [-0.15, -0.1) is 0 Å². The summed E-state index contributed by atoms with van der Waals surface area (Å²) in [5.74, 6) is 1.29. The van der Waals surface area contributed by atoms with E-state index in [-0.39, 0.29) is 10.0 Å². The molecular formula is C39H35Cl2F6N4+. The van der Waals surface area contributed by atoms with Crippen LogP contribution in [0.2, 0.25) is 10.0 Å². The number of rotatable bonds is 10. The predicted molar refractivity (Wildman–Crippen MR) is 192 cm³/mol. The summed E-state index contributed by atoms with van der Waals surface area (Å²) in [7, 11) is 0. The number of benzene rings is 4. The van der Waals surface area contributed by atoms with Crippen molar-refractivity contribution in [3.05, 3.63) is 141 Å². The zero-order valence-corrected chi connectivity index (χ0v) is 29.4. The Hall–Kier alpha value is -4.41. The Morgan fingerprint density at radius 3 is 1.84 bits per heavy atom. The predicted octanol–water partition coefficient (Wildman–Crippen LogP) is 11.0. The molecule has 0 bridgehead atoms. The highest BCUT2D eigenvalue weighted by atomic mass is 35.5. The SMILES string of the molecule is CCN1/C(=C\C=C\c2n(CC)c3cc(Cl)c(C(F)(F)F)cc3[n+]2CCc2ccccc2)N(CCc2ccccc2)c2cc(C(F)(F)F)c(Cl)cc21. The summed E-state index contributed by atoms with van der Waals surface area (Å²) in [6.07, 6.45) is -2.72. The third-order valence-corrected chi connectivity index (χ3v) is 9.69. The number of fused-ring (bicyclic) bond motifs is 2. The van der Waals surface area contributed by atoms with Gasteiger partial charge in [0.2, 0.25) is 0 Å². The monoisotopic (exact) mass is 743 g/mol. The first-order valence-electron chi connectivity index (χ1n) is 16.6. The average Bonchev–Trinajstić information content (AvgIpc) is 3.54. The van der Waals surface area contributed by atoms with Crippen molar-refractivity contribution in [1.82, 2.24) is 4.57 Å². The molecule has 12 heteroatoms. The second-order valence-corrected chi connectivity index (χ2v) is 13.0. The van der Waals surface area contributed by atoms with E-state index in [4.69, 9.17) is 23.2 Å². The molecule has 1 aromatic heterocycles. The second-order valence-electron chi connectivity index (χ2n) is 12.1. The molecular weight excluding hydrogens is 709 g/mol. The standard InChI is InChI=1S/C39H35Cl2F6N4/c1-3-48-34-24-30(40)28(38(42,43)44)22-32(34)50(20-18-26-12-7-5-8-13-26)36(48)16-11-17-37-49(4-2)35-25-31(41)29(39(45,46)47)23-33(35)51(37)21-19-27-14-9-6-10-15-27/h5-17,22-25H,3-4,18-21H2,1-2H3/q+1. The van der Waals surface area contributed by atoms with Gasteiger partial charge in [-0.2, -0.15) is 26.3 Å². The maximum absolute atomic E-state index is 14.0. The summed E-state index contributed by atoms with van der Waals surface area (Å²) in [5, 5.41) is -0.772. The van der Waals surface area contributed by atoms with Gasteiger partial charge in [0.25, 0.3) is 5.82 Å². The number of halogens is 8. The molecule has 0 N–H and O–H groups in total. The largest absolute Gasteiger partial charge is 0.418 e. The lowest BCUT2D eigenvalue weighted by molar-refractivity contribution is -0.673. The number of aromatic nitrogens is 2. The molecule has 0 aliphatic carbocycles. The summed E-state index contributed by atoms with van der Waals surface area (Å²) in [6.45, 7) is 5.47. The summed E-state index contributed by atoms with van der Waals surface area (Å²) in [6, 6.07) is 24.3. The van der Waals surface area contributed by atoms with Crippen LogP contribution in [-0.4, -0.2) is 17.7 Å². The highest BCUT2D eigenvalue weighted by molar-refractivity contribution is 6.32. The van der Waals surface area contributed by atoms with Crippen LogP contribution in [0.5, 0.6) is 0 Å². The number of alkyl halides is 6. The van der Waals surface area contributed by atoms with Crippen LogP contribution in [0.4, 0.5) is 37.7 Å². The van der Waals surface area contributed by atoms with Gasteiger partial charge >= 0.3 is 12.4 Å². The van der Waals surface area contributed by atoms with Crippen LogP contribution < -0.4 is 14.4 Å². The molecule has 0 unspecified atom stereocenters. The van der Waals surface area contributed by atoms with Crippen LogP contribution in [0.25, 0.3) is 17.1 Å². The summed E-state index contributed by atoms with van der Waals surface area (Å²) in [5.41, 5.74) is 2.11. The van der Waals surface area contributed by atoms with Gasteiger partial charge in [-0.05, 0) is 49.6 Å². The molecule has 6 rings (SSSR count). The fraction of sp³-hybridized carbons (Fsp3) is 0.256. The third kappa shape index (κ3) is 7.48. The molecule has 0 fully saturated rings. The summed E-state index contributed by atoms with van der Waals surface area (Å²) < 4.78 is 87.9. The smallest absolute Gasteiger partial charge is 0.326 e. The summed E-state index contributed by atoms with van der Waals surface area (Å²) in [4.78, 5) is 3.76. The molecule has 0 saturated carbocycles. The van der Waals surface area contributed by atoms with Gasteiger partial charge in [0.15, 0.2) is 11.0 Å². The van der Waals surface area contributed by atoms with Crippen LogP contribution in [0.1, 0.15) is 41.9 Å². The molecule has 1 aliphatic rings. The van der Waals surface area contributed by atoms with Crippen molar-refractivity contribution >= 4 is 51.7 Å². The average molecular weight is 745 g/mol. The molecule has 4 aromatic carbocycles. The normalized spacial score (nSPS) is 14.4. The van der Waals surface area contributed by atoms with Gasteiger partial charge in [-0.3, -0.25) is 0 Å². The van der Waals surface area contributed by atoms with Crippen molar-refractivity contribution in [2.45, 2.75) is 52.1 Å². The second kappa shape index (κ2) is 14.7. The lowest BCUT2D eigenvalue weighted by Gasteiger charge is -2.24. The van der Waals surface area contributed by atoms with E-state index in [0.29, 0.717) is 73.1 Å². The van der Waals surface area contributed by atoms with Crippen molar-refractivity contribution in [3.63, 3.8) is 0 Å². The van der Waals surface area contributed by atoms with E-state index in [9.17, 15) is 26.3 Å². The maximum Gasteiger partial charge on any atom is 0.418 e. The molecule has 0 amide bonds. The first-order chi connectivity index (χ1) is 24.3. The van der Waals surface area contributed by atoms with Crippen LogP contribution in [0, 0.1) is 0 Å². The lowest BCUT2D eigenvalue weighted by Crippen LogP contribution is -2.37. The maximum atomic E-state index is 14.0. The van der Waals surface area contributed by atoms with Crippen molar-refractivity contribution in [3.8, 4) is 0 Å². The number of hydrogen-bond donors (Lipinski definition) is 0. The number of nitrogens with zero attached hydrogens (tertiary/aromatic N) is 4. The Balaban J connectivity index is 1.47. The Bertz CT molecular complexity index is 2090. The van der Waals surface area contributed by atoms with E-state index in [1.165, 1.54) is 12.1 Å². The van der Waals surface area contributed by atoms with Gasteiger partial charge in [-0.25, -0.2) is 9.13 Å². The number of imidazole rings is 1. The van der Waals surface area contributed by atoms with Crippen molar-refractivity contribution < 1.29 is 30.9 Å². The topological polar surface area (TPSA) is 15.3 Å². The first-order valence-corrected chi connectivity index (χ1v) is 17.3. The Morgan fingerprint density at radius 2 is 1.25 bits per heavy atom. The molecule has 1 aliphatic heterocycles.